The van der Waals surface area contributed by atoms with Gasteiger partial charge in [0.1, 0.15) is 5.75 Å². The number of hydrogen-bond acceptors (Lipinski definition) is 5. The molecule has 0 aliphatic carbocycles. The summed E-state index contributed by atoms with van der Waals surface area (Å²) in [6.45, 7) is 0.258. The molecule has 136 valence electrons. The van der Waals surface area contributed by atoms with Crippen LogP contribution < -0.4 is 19.5 Å². The third-order valence-corrected chi connectivity index (χ3v) is 4.03. The molecular weight excluding hydrogens is 338 g/mol. The Kier molecular flexibility index (Phi) is 5.26. The second-order valence-corrected chi connectivity index (χ2v) is 5.74. The van der Waals surface area contributed by atoms with Gasteiger partial charge in [-0.3, -0.25) is 4.79 Å². The van der Waals surface area contributed by atoms with Gasteiger partial charge in [-0.1, -0.05) is 18.2 Å². The summed E-state index contributed by atoms with van der Waals surface area (Å²) in [4.78, 5) is 23.8. The third-order valence-electron chi connectivity index (χ3n) is 4.03. The molecule has 0 saturated carbocycles. The second kappa shape index (κ2) is 7.77. The summed E-state index contributed by atoms with van der Waals surface area (Å²) in [6, 6.07) is 10.9. The number of rotatable bonds is 7. The van der Waals surface area contributed by atoms with E-state index in [0.29, 0.717) is 23.7 Å². The Hall–Kier alpha value is -3.22. The molecule has 0 saturated heterocycles. The van der Waals surface area contributed by atoms with Gasteiger partial charge in [0.25, 0.3) is 5.91 Å². The average molecular weight is 357 g/mol. The lowest BCUT2D eigenvalue weighted by atomic mass is 10.0. The van der Waals surface area contributed by atoms with E-state index in [1.54, 1.807) is 42.5 Å². The van der Waals surface area contributed by atoms with Crippen molar-refractivity contribution < 1.29 is 28.9 Å². The van der Waals surface area contributed by atoms with Crippen molar-refractivity contribution in [1.82, 2.24) is 5.32 Å². The first-order valence-corrected chi connectivity index (χ1v) is 8.12. The van der Waals surface area contributed by atoms with Crippen LogP contribution in [-0.4, -0.2) is 37.3 Å². The molecule has 0 aromatic heterocycles. The highest BCUT2D eigenvalue weighted by Crippen LogP contribution is 2.28. The number of methoxy groups -OCH3 is 1. The van der Waals surface area contributed by atoms with Crippen LogP contribution in [0.2, 0.25) is 0 Å². The lowest BCUT2D eigenvalue weighted by Crippen LogP contribution is -2.36. The molecule has 0 bridgehead atoms. The fraction of sp³-hybridized carbons (Fsp3) is 0.263. The highest BCUT2D eigenvalue weighted by Gasteiger charge is 2.24. The molecule has 1 unspecified atom stereocenters. The Labute approximate surface area is 150 Å². The third kappa shape index (κ3) is 3.88. The van der Waals surface area contributed by atoms with Crippen LogP contribution in [0.5, 0.6) is 17.2 Å². The van der Waals surface area contributed by atoms with E-state index < -0.39 is 17.9 Å². The van der Waals surface area contributed by atoms with Crippen molar-refractivity contribution >= 4 is 11.9 Å². The van der Waals surface area contributed by atoms with Crippen molar-refractivity contribution in [3.05, 3.63) is 53.6 Å². The number of benzene rings is 2. The number of aliphatic carboxylic acids is 1. The van der Waals surface area contributed by atoms with Crippen molar-refractivity contribution in [2.75, 3.05) is 20.3 Å². The molecule has 7 heteroatoms. The molecule has 1 aliphatic rings. The summed E-state index contributed by atoms with van der Waals surface area (Å²) < 4.78 is 16.0. The number of carbonyl (C=O) groups is 2. The zero-order valence-electron chi connectivity index (χ0n) is 14.2. The van der Waals surface area contributed by atoms with Gasteiger partial charge < -0.3 is 24.6 Å². The van der Waals surface area contributed by atoms with Gasteiger partial charge in [-0.15, -0.1) is 0 Å². The van der Waals surface area contributed by atoms with Gasteiger partial charge in [0.15, 0.2) is 24.1 Å². The fourth-order valence-electron chi connectivity index (χ4n) is 2.76. The normalized spacial score (nSPS) is 13.3. The topological polar surface area (TPSA) is 94.1 Å². The monoisotopic (exact) mass is 357 g/mol. The van der Waals surface area contributed by atoms with Crippen LogP contribution >= 0.6 is 0 Å². The SMILES string of the molecule is COc1ccccc1OCC(=O)NC(C(=O)O)c1ccc2c(c1)CCO2. The highest BCUT2D eigenvalue weighted by atomic mass is 16.5. The van der Waals surface area contributed by atoms with Gasteiger partial charge in [0, 0.05) is 6.42 Å². The molecule has 0 fully saturated rings. The second-order valence-electron chi connectivity index (χ2n) is 5.74. The van der Waals surface area contributed by atoms with E-state index in [-0.39, 0.29) is 6.61 Å². The summed E-state index contributed by atoms with van der Waals surface area (Å²) in [5.74, 6) is -0.0290. The zero-order valence-corrected chi connectivity index (χ0v) is 14.2. The van der Waals surface area contributed by atoms with E-state index in [1.165, 1.54) is 7.11 Å². The van der Waals surface area contributed by atoms with Crippen LogP contribution in [0.4, 0.5) is 0 Å². The number of amides is 1. The number of hydrogen-bond donors (Lipinski definition) is 2. The molecule has 1 heterocycles. The molecule has 3 rings (SSSR count). The summed E-state index contributed by atoms with van der Waals surface area (Å²) >= 11 is 0. The molecule has 2 aromatic rings. The van der Waals surface area contributed by atoms with Gasteiger partial charge in [0.2, 0.25) is 0 Å². The van der Waals surface area contributed by atoms with E-state index >= 15 is 0 Å². The summed E-state index contributed by atoms with van der Waals surface area (Å²) in [7, 11) is 1.50. The fourth-order valence-corrected chi connectivity index (χ4v) is 2.76. The Bertz CT molecular complexity index is 819. The maximum Gasteiger partial charge on any atom is 0.330 e. The standard InChI is InChI=1S/C19H19NO6/c1-24-15-4-2-3-5-16(15)26-11-17(21)20-18(19(22)23)13-6-7-14-12(10-13)8-9-25-14/h2-7,10,18H,8-9,11H2,1H3,(H,20,21)(H,22,23). The first kappa shape index (κ1) is 17.6. The van der Waals surface area contributed by atoms with Gasteiger partial charge in [0.05, 0.1) is 13.7 Å². The number of carboxylic acids is 1. The predicted octanol–water partition coefficient (Wildman–Crippen LogP) is 1.95. The summed E-state index contributed by atoms with van der Waals surface area (Å²) in [5.41, 5.74) is 1.43. The van der Waals surface area contributed by atoms with Crippen LogP contribution in [0.15, 0.2) is 42.5 Å². The molecule has 2 N–H and O–H groups in total. The minimum atomic E-state index is -1.16. The minimum Gasteiger partial charge on any atom is -0.493 e. The largest absolute Gasteiger partial charge is 0.493 e. The van der Waals surface area contributed by atoms with Crippen molar-refractivity contribution in [1.29, 1.82) is 0 Å². The number of ether oxygens (including phenoxy) is 3. The molecule has 1 aliphatic heterocycles. The molecular formula is C19H19NO6. The Morgan fingerprint density at radius 2 is 2.00 bits per heavy atom. The number of fused-ring (bicyclic) bond motifs is 1. The molecule has 0 radical (unpaired) electrons. The Morgan fingerprint density at radius 3 is 2.73 bits per heavy atom. The molecule has 1 amide bonds. The number of carboxylic acid groups (broad SMARTS) is 1. The molecule has 2 aromatic carbocycles. The lowest BCUT2D eigenvalue weighted by Gasteiger charge is -2.16. The zero-order chi connectivity index (χ0) is 18.5. The summed E-state index contributed by atoms with van der Waals surface area (Å²) in [6.07, 6.45) is 0.723. The van der Waals surface area contributed by atoms with Gasteiger partial charge in [-0.05, 0) is 35.4 Å². The maximum atomic E-state index is 12.2. The first-order valence-electron chi connectivity index (χ1n) is 8.12. The quantitative estimate of drug-likeness (QED) is 0.787. The van der Waals surface area contributed by atoms with Crippen molar-refractivity contribution in [3.8, 4) is 17.2 Å². The lowest BCUT2D eigenvalue weighted by molar-refractivity contribution is -0.142. The van der Waals surface area contributed by atoms with E-state index in [9.17, 15) is 14.7 Å². The maximum absolute atomic E-state index is 12.2. The van der Waals surface area contributed by atoms with Gasteiger partial charge >= 0.3 is 5.97 Å². The van der Waals surface area contributed by atoms with Crippen molar-refractivity contribution in [2.45, 2.75) is 12.5 Å². The molecule has 1 atom stereocenters. The van der Waals surface area contributed by atoms with Crippen LogP contribution in [-0.2, 0) is 16.0 Å². The number of para-hydroxylation sites is 2. The first-order chi connectivity index (χ1) is 12.6. The van der Waals surface area contributed by atoms with E-state index in [1.807, 2.05) is 0 Å². The minimum absolute atomic E-state index is 0.321. The van der Waals surface area contributed by atoms with Crippen LogP contribution in [0.25, 0.3) is 0 Å². The smallest absolute Gasteiger partial charge is 0.330 e. The van der Waals surface area contributed by atoms with Gasteiger partial charge in [-0.25, -0.2) is 4.79 Å². The Balaban J connectivity index is 1.66. The number of nitrogens with one attached hydrogen (secondary N) is 1. The van der Waals surface area contributed by atoms with E-state index in [4.69, 9.17) is 14.2 Å². The summed E-state index contributed by atoms with van der Waals surface area (Å²) in [5, 5.41) is 12.0. The van der Waals surface area contributed by atoms with Gasteiger partial charge in [-0.2, -0.15) is 0 Å². The van der Waals surface area contributed by atoms with Crippen molar-refractivity contribution in [3.63, 3.8) is 0 Å². The predicted molar refractivity (Wildman–Crippen MR) is 92.6 cm³/mol. The number of carbonyl (C=O) groups excluding carboxylic acids is 1. The molecule has 0 spiro atoms. The van der Waals surface area contributed by atoms with Crippen LogP contribution in [0, 0.1) is 0 Å². The highest BCUT2D eigenvalue weighted by molar-refractivity contribution is 5.85. The van der Waals surface area contributed by atoms with E-state index in [2.05, 4.69) is 5.32 Å². The van der Waals surface area contributed by atoms with Crippen molar-refractivity contribution in [2.24, 2.45) is 0 Å². The average Bonchev–Trinajstić information content (AvgIpc) is 3.12. The Morgan fingerprint density at radius 1 is 1.23 bits per heavy atom. The molecule has 26 heavy (non-hydrogen) atoms. The van der Waals surface area contributed by atoms with Crippen LogP contribution in [0.3, 0.4) is 0 Å². The molecule has 7 nitrogen and oxygen atoms in total. The van der Waals surface area contributed by atoms with Crippen LogP contribution in [0.1, 0.15) is 17.2 Å². The van der Waals surface area contributed by atoms with E-state index in [0.717, 1.165) is 17.7 Å².